The van der Waals surface area contributed by atoms with Crippen molar-refractivity contribution in [2.45, 2.75) is 82.5 Å². The summed E-state index contributed by atoms with van der Waals surface area (Å²) in [5, 5.41) is 40.1. The summed E-state index contributed by atoms with van der Waals surface area (Å²) in [7, 11) is 3.31. The van der Waals surface area contributed by atoms with Gasteiger partial charge in [-0.25, -0.2) is 9.97 Å². The lowest BCUT2D eigenvalue weighted by Gasteiger charge is -2.43. The van der Waals surface area contributed by atoms with Crippen LogP contribution in [0.4, 0.5) is 23.0 Å². The average Bonchev–Trinajstić information content (AvgIpc) is 3.63. The van der Waals surface area contributed by atoms with Gasteiger partial charge in [0.2, 0.25) is 0 Å². The summed E-state index contributed by atoms with van der Waals surface area (Å²) in [5.74, 6) is 1.36. The summed E-state index contributed by atoms with van der Waals surface area (Å²) >= 11 is 0. The van der Waals surface area contributed by atoms with Gasteiger partial charge in [-0.3, -0.25) is 19.4 Å². The van der Waals surface area contributed by atoms with Crippen LogP contribution in [0, 0.1) is 0 Å². The minimum Gasteiger partial charge on any atom is -0.495 e. The second kappa shape index (κ2) is 18.9. The van der Waals surface area contributed by atoms with Gasteiger partial charge in [-0.2, -0.15) is 0 Å². The van der Waals surface area contributed by atoms with Crippen molar-refractivity contribution in [2.75, 3.05) is 88.8 Å². The number of fused-ring (bicyclic) bond motifs is 1. The molecule has 2 aromatic heterocycles. The average molecular weight is 857 g/mol. The van der Waals surface area contributed by atoms with Crippen LogP contribution < -0.4 is 30.7 Å². The zero-order valence-corrected chi connectivity index (χ0v) is 35.8. The molecule has 4 aromatic rings. The number of likely N-dealkylation sites (tertiary alicyclic amines) is 1. The number of aliphatic hydroxyl groups is 2. The summed E-state index contributed by atoms with van der Waals surface area (Å²) in [6.45, 7) is 7.69. The van der Waals surface area contributed by atoms with Crippen molar-refractivity contribution in [3.05, 3.63) is 54.0 Å². The van der Waals surface area contributed by atoms with Crippen LogP contribution in [0.15, 0.2) is 42.6 Å². The van der Waals surface area contributed by atoms with Gasteiger partial charge in [0, 0.05) is 93.3 Å². The maximum atomic E-state index is 13.4. The molecule has 0 spiro atoms. The fourth-order valence-electron chi connectivity index (χ4n) is 9.31. The van der Waals surface area contributed by atoms with Crippen molar-refractivity contribution < 1.29 is 39.1 Å². The quantitative estimate of drug-likeness (QED) is 0.114. The van der Waals surface area contributed by atoms with E-state index in [1.54, 1.807) is 43.1 Å². The van der Waals surface area contributed by atoms with Crippen LogP contribution in [-0.2, 0) is 16.0 Å². The molecule has 4 fully saturated rings. The van der Waals surface area contributed by atoms with Crippen LogP contribution in [-0.4, -0.2) is 154 Å². The first-order valence-corrected chi connectivity index (χ1v) is 21.8. The van der Waals surface area contributed by atoms with E-state index in [4.69, 9.17) is 24.9 Å². The Hall–Kier alpha value is -5.40. The van der Waals surface area contributed by atoms with Crippen molar-refractivity contribution in [3.63, 3.8) is 0 Å². The maximum Gasteiger partial charge on any atom is 0.271 e. The highest BCUT2D eigenvalue weighted by molar-refractivity contribution is 5.97. The molecule has 18 heteroatoms. The van der Waals surface area contributed by atoms with Crippen molar-refractivity contribution >= 4 is 45.6 Å². The Kier molecular flexibility index (Phi) is 13.2. The summed E-state index contributed by atoms with van der Waals surface area (Å²) < 4.78 is 19.1. The van der Waals surface area contributed by atoms with Gasteiger partial charge in [0.1, 0.15) is 24.0 Å². The number of anilines is 4. The molecule has 2 aromatic carbocycles. The van der Waals surface area contributed by atoms with E-state index >= 15 is 0 Å². The number of rotatable bonds is 13. The number of benzene rings is 2. The van der Waals surface area contributed by atoms with Gasteiger partial charge in [0.05, 0.1) is 24.5 Å². The molecule has 62 heavy (non-hydrogen) atoms. The van der Waals surface area contributed by atoms with Gasteiger partial charge in [-0.1, -0.05) is 13.0 Å². The highest BCUT2D eigenvalue weighted by atomic mass is 16.5. The van der Waals surface area contributed by atoms with Crippen LogP contribution >= 0.6 is 0 Å². The maximum absolute atomic E-state index is 13.4. The molecule has 0 aliphatic carbocycles. The lowest BCUT2D eigenvalue weighted by Crippen LogP contribution is -2.55. The second-order valence-corrected chi connectivity index (χ2v) is 16.7. The summed E-state index contributed by atoms with van der Waals surface area (Å²) in [6, 6.07) is 11.4. The molecule has 0 radical (unpaired) electrons. The first kappa shape index (κ1) is 43.3. The smallest absolute Gasteiger partial charge is 0.271 e. The molecule has 4 aliphatic rings. The minimum absolute atomic E-state index is 0.0106. The number of aromatic nitrogens is 3. The monoisotopic (exact) mass is 856 g/mol. The number of nitrogens with one attached hydrogen (secondary N) is 2. The second-order valence-electron chi connectivity index (χ2n) is 16.7. The molecule has 7 N–H and O–H groups in total. The number of hydrogen-bond acceptors (Lipinski definition) is 15. The van der Waals surface area contributed by atoms with Gasteiger partial charge in [-0.05, 0) is 76.3 Å². The summed E-state index contributed by atoms with van der Waals surface area (Å²) in [4.78, 5) is 43.5. The lowest BCUT2D eigenvalue weighted by molar-refractivity contribution is -0.139. The number of likely N-dealkylation sites (N-methyl/N-ethyl adjacent to an activating group) is 1. The molecule has 18 nitrogen and oxygen atoms in total. The molecule has 3 unspecified atom stereocenters. The van der Waals surface area contributed by atoms with Crippen LogP contribution in [0.3, 0.4) is 0 Å². The zero-order chi connectivity index (χ0) is 43.5. The van der Waals surface area contributed by atoms with Crippen molar-refractivity contribution in [1.82, 2.24) is 29.2 Å². The third-order valence-corrected chi connectivity index (χ3v) is 13.0. The Balaban J connectivity index is 0.839. The van der Waals surface area contributed by atoms with E-state index in [2.05, 4.69) is 25.4 Å². The number of aryl methyl sites for hydroxylation is 1. The predicted molar refractivity (Wildman–Crippen MR) is 234 cm³/mol. The number of carbonyl (C=O) groups is 2. The number of primary amides is 1. The molecule has 4 saturated heterocycles. The number of aliphatic hydroxyl groups excluding tert-OH is 2. The van der Waals surface area contributed by atoms with E-state index in [0.717, 1.165) is 57.5 Å². The van der Waals surface area contributed by atoms with Gasteiger partial charge in [-0.15, -0.1) is 0 Å². The number of nitrogens with two attached hydrogens (primary N) is 1. The predicted octanol–water partition coefficient (Wildman–Crippen LogP) is 3.24. The molecule has 0 bridgehead atoms. The van der Waals surface area contributed by atoms with Crippen molar-refractivity contribution in [3.8, 4) is 17.4 Å². The lowest BCUT2D eigenvalue weighted by atomic mass is 10.0. The molecule has 3 atom stereocenters. The van der Waals surface area contributed by atoms with E-state index in [0.29, 0.717) is 91.1 Å². The van der Waals surface area contributed by atoms with E-state index in [1.165, 1.54) is 4.90 Å². The fraction of sp³-hybridized carbons (Fsp3) is 0.545. The number of aromatic hydroxyl groups is 1. The highest BCUT2D eigenvalue weighted by Gasteiger charge is 2.36. The topological polar surface area (TPSA) is 216 Å². The molecule has 0 saturated carbocycles. The molecule has 6 heterocycles. The van der Waals surface area contributed by atoms with Crippen LogP contribution in [0.5, 0.6) is 17.4 Å². The Bertz CT molecular complexity index is 2220. The first-order chi connectivity index (χ1) is 30.0. The van der Waals surface area contributed by atoms with E-state index in [1.807, 2.05) is 30.0 Å². The SMILES string of the molecule is CCc1nc(C(N)=O)c(Nc2ccc(N3CCC(N4CCN(C(=O)COc5cccc6c(O)n(C7CCC(O)N(C)C7O)cc56)CC4)CC3)c(OC)c2)nc1NC1CCOCC1. The Morgan fingerprint density at radius 2 is 1.68 bits per heavy atom. The zero-order valence-electron chi connectivity index (χ0n) is 35.8. The Labute approximate surface area is 361 Å². The highest BCUT2D eigenvalue weighted by Crippen LogP contribution is 2.40. The number of carbonyl (C=O) groups excluding carboxylic acids is 2. The third kappa shape index (κ3) is 9.06. The number of piperazine rings is 1. The van der Waals surface area contributed by atoms with Gasteiger partial charge < -0.3 is 60.3 Å². The fourth-order valence-corrected chi connectivity index (χ4v) is 9.31. The van der Waals surface area contributed by atoms with Gasteiger partial charge >= 0.3 is 0 Å². The summed E-state index contributed by atoms with van der Waals surface area (Å²) in [5.41, 5.74) is 8.22. The summed E-state index contributed by atoms with van der Waals surface area (Å²) in [6.07, 6.45) is 5.24. The van der Waals surface area contributed by atoms with E-state index in [-0.39, 0.29) is 35.9 Å². The van der Waals surface area contributed by atoms with Gasteiger partial charge in [0.25, 0.3) is 11.8 Å². The Morgan fingerprint density at radius 3 is 2.39 bits per heavy atom. The third-order valence-electron chi connectivity index (χ3n) is 13.0. The van der Waals surface area contributed by atoms with E-state index < -0.39 is 24.4 Å². The first-order valence-electron chi connectivity index (χ1n) is 21.8. The number of amides is 2. The van der Waals surface area contributed by atoms with Crippen molar-refractivity contribution in [2.24, 2.45) is 5.73 Å². The van der Waals surface area contributed by atoms with E-state index in [9.17, 15) is 24.9 Å². The molecular formula is C44H60N10O8. The number of piperidine rings is 2. The normalized spacial score (nSPS) is 22.2. The standard InChI is InChI=1S/C44H60N10O8/c1-4-32-41(46-27-14-22-61-23-15-27)49-42(39(48-32)40(45)57)47-28-8-9-33(36(24-28)60-3)52-16-12-29(13-17-52)51-18-20-53(21-19-51)38(56)26-62-35-7-5-6-30-31(35)25-54(43(30)58)34-10-11-37(55)50(2)44(34)59/h5-9,24-25,27,29,34,37,44,55,58-59H,4,10-23,26H2,1-3H3,(H2,45,57)(H2,46,47,49). The van der Waals surface area contributed by atoms with Crippen LogP contribution in [0.25, 0.3) is 10.8 Å². The molecule has 334 valence electrons. The molecule has 4 aliphatic heterocycles. The number of hydrogen-bond donors (Lipinski definition) is 6. The molecule has 2 amide bonds. The minimum atomic E-state index is -0.972. The van der Waals surface area contributed by atoms with Crippen LogP contribution in [0.1, 0.15) is 67.7 Å². The van der Waals surface area contributed by atoms with Crippen LogP contribution in [0.2, 0.25) is 0 Å². The Morgan fingerprint density at radius 1 is 0.919 bits per heavy atom. The molecule has 8 rings (SSSR count). The number of methoxy groups -OCH3 is 1. The van der Waals surface area contributed by atoms with Crippen molar-refractivity contribution in [1.29, 1.82) is 0 Å². The van der Waals surface area contributed by atoms with Gasteiger partial charge in [0.15, 0.2) is 29.8 Å². The number of nitrogens with zero attached hydrogens (tertiary/aromatic N) is 7. The largest absolute Gasteiger partial charge is 0.495 e. The molecular weight excluding hydrogens is 797 g/mol. The number of ether oxygens (including phenoxy) is 3.